The van der Waals surface area contributed by atoms with Crippen molar-refractivity contribution in [1.29, 1.82) is 5.26 Å². The van der Waals surface area contributed by atoms with Gasteiger partial charge in [-0.3, -0.25) is 14.7 Å². The Bertz CT molecular complexity index is 940. The van der Waals surface area contributed by atoms with Gasteiger partial charge in [0.05, 0.1) is 23.5 Å². The van der Waals surface area contributed by atoms with Gasteiger partial charge in [-0.05, 0) is 38.0 Å². The molecule has 2 aliphatic rings. The molecule has 0 aliphatic carbocycles. The molecular formula is C22H25N5O. The Morgan fingerprint density at radius 3 is 2.61 bits per heavy atom. The highest BCUT2D eigenvalue weighted by molar-refractivity contribution is 5.96. The Morgan fingerprint density at radius 2 is 1.86 bits per heavy atom. The number of anilines is 2. The number of para-hydroxylation sites is 1. The molecule has 1 aromatic heterocycles. The maximum atomic E-state index is 12.8. The van der Waals surface area contributed by atoms with Crippen LogP contribution in [0.5, 0.6) is 0 Å². The third-order valence-electron chi connectivity index (χ3n) is 5.68. The molecule has 0 spiro atoms. The normalized spacial score (nSPS) is 16.8. The van der Waals surface area contributed by atoms with Gasteiger partial charge in [0.15, 0.2) is 0 Å². The lowest BCUT2D eigenvalue weighted by atomic mass is 10.1. The third kappa shape index (κ3) is 3.46. The van der Waals surface area contributed by atoms with E-state index in [1.807, 2.05) is 43.0 Å². The number of carbonyl (C=O) groups is 1. The summed E-state index contributed by atoms with van der Waals surface area (Å²) in [5.41, 5.74) is 5.65. The van der Waals surface area contributed by atoms with Crippen molar-refractivity contribution in [3.05, 3.63) is 52.8 Å². The van der Waals surface area contributed by atoms with E-state index in [1.54, 1.807) is 0 Å². The zero-order chi connectivity index (χ0) is 19.7. The van der Waals surface area contributed by atoms with Gasteiger partial charge in [0.2, 0.25) is 5.91 Å². The predicted molar refractivity (Wildman–Crippen MR) is 110 cm³/mol. The second kappa shape index (κ2) is 7.61. The molecule has 2 aliphatic heterocycles. The summed E-state index contributed by atoms with van der Waals surface area (Å²) in [6, 6.07) is 12.5. The van der Waals surface area contributed by atoms with E-state index in [9.17, 15) is 10.1 Å². The summed E-state index contributed by atoms with van der Waals surface area (Å²) in [5.74, 6) is 0.173. The SMILES string of the molecule is Cc1cc(N2CCN(CC(=O)N3CCc4ccccc43)CC2)c(C#N)c(C)n1. The zero-order valence-electron chi connectivity index (χ0n) is 16.5. The van der Waals surface area contributed by atoms with Crippen molar-refractivity contribution < 1.29 is 4.79 Å². The number of fused-ring (bicyclic) bond motifs is 1. The van der Waals surface area contributed by atoms with Gasteiger partial charge in [-0.1, -0.05) is 18.2 Å². The van der Waals surface area contributed by atoms with Crippen molar-refractivity contribution >= 4 is 17.3 Å². The van der Waals surface area contributed by atoms with Crippen LogP contribution in [0.3, 0.4) is 0 Å². The Labute approximate surface area is 166 Å². The second-order valence-corrected chi connectivity index (χ2v) is 7.54. The number of pyridine rings is 1. The fourth-order valence-corrected chi connectivity index (χ4v) is 4.22. The number of hydrogen-bond donors (Lipinski definition) is 0. The average Bonchev–Trinajstić information content (AvgIpc) is 3.12. The maximum Gasteiger partial charge on any atom is 0.241 e. The van der Waals surface area contributed by atoms with Gasteiger partial charge in [0, 0.05) is 44.1 Å². The number of benzene rings is 1. The second-order valence-electron chi connectivity index (χ2n) is 7.54. The van der Waals surface area contributed by atoms with Gasteiger partial charge in [-0.25, -0.2) is 0 Å². The molecule has 0 N–H and O–H groups in total. The molecule has 2 aromatic rings. The summed E-state index contributed by atoms with van der Waals surface area (Å²) in [4.78, 5) is 23.6. The topological polar surface area (TPSA) is 63.5 Å². The highest BCUT2D eigenvalue weighted by Gasteiger charge is 2.27. The predicted octanol–water partition coefficient (Wildman–Crippen LogP) is 2.28. The summed E-state index contributed by atoms with van der Waals surface area (Å²) < 4.78 is 0. The minimum Gasteiger partial charge on any atom is -0.368 e. The van der Waals surface area contributed by atoms with E-state index < -0.39 is 0 Å². The molecule has 0 saturated carbocycles. The molecule has 144 valence electrons. The van der Waals surface area contributed by atoms with Gasteiger partial charge in [-0.2, -0.15) is 5.26 Å². The van der Waals surface area contributed by atoms with Gasteiger partial charge in [0.25, 0.3) is 0 Å². The number of nitrogens with zero attached hydrogens (tertiary/aromatic N) is 5. The van der Waals surface area contributed by atoms with E-state index >= 15 is 0 Å². The van der Waals surface area contributed by atoms with E-state index in [2.05, 4.69) is 26.9 Å². The fourth-order valence-electron chi connectivity index (χ4n) is 4.22. The smallest absolute Gasteiger partial charge is 0.241 e. The maximum absolute atomic E-state index is 12.8. The Morgan fingerprint density at radius 1 is 1.11 bits per heavy atom. The minimum absolute atomic E-state index is 0.173. The molecule has 1 fully saturated rings. The number of carbonyl (C=O) groups excluding carboxylic acids is 1. The molecule has 4 rings (SSSR count). The van der Waals surface area contributed by atoms with Crippen LogP contribution in [0.2, 0.25) is 0 Å². The molecule has 0 radical (unpaired) electrons. The van der Waals surface area contributed by atoms with E-state index in [0.29, 0.717) is 12.1 Å². The molecule has 0 bridgehead atoms. The lowest BCUT2D eigenvalue weighted by molar-refractivity contribution is -0.119. The lowest BCUT2D eigenvalue weighted by Crippen LogP contribution is -2.50. The van der Waals surface area contributed by atoms with Gasteiger partial charge in [0.1, 0.15) is 6.07 Å². The Balaban J connectivity index is 1.39. The molecule has 6 nitrogen and oxygen atoms in total. The number of piperazine rings is 1. The minimum atomic E-state index is 0.173. The van der Waals surface area contributed by atoms with Gasteiger partial charge < -0.3 is 9.80 Å². The van der Waals surface area contributed by atoms with Gasteiger partial charge in [-0.15, -0.1) is 0 Å². The summed E-state index contributed by atoms with van der Waals surface area (Å²) >= 11 is 0. The first kappa shape index (κ1) is 18.5. The van der Waals surface area contributed by atoms with Crippen LogP contribution < -0.4 is 9.80 Å². The van der Waals surface area contributed by atoms with Crippen molar-refractivity contribution in [1.82, 2.24) is 9.88 Å². The fraction of sp³-hybridized carbons (Fsp3) is 0.409. The first-order valence-electron chi connectivity index (χ1n) is 9.80. The van der Waals surface area contributed by atoms with Crippen molar-refractivity contribution in [2.75, 3.05) is 49.1 Å². The van der Waals surface area contributed by atoms with Crippen LogP contribution >= 0.6 is 0 Å². The monoisotopic (exact) mass is 375 g/mol. The standard InChI is InChI=1S/C22H25N5O/c1-16-13-21(19(14-23)17(2)24-16)26-11-9-25(10-12-26)15-22(28)27-8-7-18-5-3-4-6-20(18)27/h3-6,13H,7-12,15H2,1-2H3. The molecule has 3 heterocycles. The summed E-state index contributed by atoms with van der Waals surface area (Å²) in [7, 11) is 0. The number of nitriles is 1. The quantitative estimate of drug-likeness (QED) is 0.824. The number of aromatic nitrogens is 1. The van der Waals surface area contributed by atoms with Crippen molar-refractivity contribution in [2.24, 2.45) is 0 Å². The highest BCUT2D eigenvalue weighted by Crippen LogP contribution is 2.28. The van der Waals surface area contributed by atoms with Crippen LogP contribution in [0, 0.1) is 25.2 Å². The number of amides is 1. The van der Waals surface area contributed by atoms with Crippen molar-refractivity contribution in [2.45, 2.75) is 20.3 Å². The molecular weight excluding hydrogens is 350 g/mol. The van der Waals surface area contributed by atoms with Crippen LogP contribution in [0.15, 0.2) is 30.3 Å². The first-order valence-corrected chi connectivity index (χ1v) is 9.80. The molecule has 1 aromatic carbocycles. The van der Waals surface area contributed by atoms with Crippen LogP contribution in [0.25, 0.3) is 0 Å². The van der Waals surface area contributed by atoms with E-state index in [4.69, 9.17) is 0 Å². The van der Waals surface area contributed by atoms with Crippen LogP contribution in [-0.4, -0.2) is 55.1 Å². The zero-order valence-corrected chi connectivity index (χ0v) is 16.5. The molecule has 0 atom stereocenters. The number of hydrogen-bond acceptors (Lipinski definition) is 5. The molecule has 0 unspecified atom stereocenters. The summed E-state index contributed by atoms with van der Waals surface area (Å²) in [6.07, 6.45) is 0.938. The summed E-state index contributed by atoms with van der Waals surface area (Å²) in [6.45, 7) is 8.31. The molecule has 28 heavy (non-hydrogen) atoms. The molecule has 6 heteroatoms. The van der Waals surface area contributed by atoms with Crippen molar-refractivity contribution in [3.8, 4) is 6.07 Å². The van der Waals surface area contributed by atoms with Crippen LogP contribution in [-0.2, 0) is 11.2 Å². The largest absolute Gasteiger partial charge is 0.368 e. The van der Waals surface area contributed by atoms with E-state index in [-0.39, 0.29) is 5.91 Å². The molecule has 1 saturated heterocycles. The first-order chi connectivity index (χ1) is 13.6. The van der Waals surface area contributed by atoms with E-state index in [0.717, 1.165) is 61.9 Å². The summed E-state index contributed by atoms with van der Waals surface area (Å²) in [5, 5.41) is 9.52. The number of rotatable bonds is 3. The average molecular weight is 375 g/mol. The van der Waals surface area contributed by atoms with Crippen LogP contribution in [0.1, 0.15) is 22.5 Å². The molecule has 1 amide bonds. The van der Waals surface area contributed by atoms with Gasteiger partial charge >= 0.3 is 0 Å². The number of aryl methyl sites for hydroxylation is 2. The Hall–Kier alpha value is -2.91. The lowest BCUT2D eigenvalue weighted by Gasteiger charge is -2.36. The van der Waals surface area contributed by atoms with Crippen LogP contribution in [0.4, 0.5) is 11.4 Å². The Kier molecular flexibility index (Phi) is 5.01. The van der Waals surface area contributed by atoms with E-state index in [1.165, 1.54) is 5.56 Å². The third-order valence-corrected chi connectivity index (χ3v) is 5.68. The highest BCUT2D eigenvalue weighted by atomic mass is 16.2. The van der Waals surface area contributed by atoms with Crippen molar-refractivity contribution in [3.63, 3.8) is 0 Å².